The largest absolute Gasteiger partial charge is 0.465 e. The van der Waals surface area contributed by atoms with Crippen LogP contribution in [0.2, 0.25) is 0 Å². The zero-order chi connectivity index (χ0) is 14.5. The SMILES string of the molecule is COC(=O)c1c(N)cccc1CN1CCNC(=O)CC1. The molecule has 1 fully saturated rings. The van der Waals surface area contributed by atoms with Gasteiger partial charge in [-0.15, -0.1) is 0 Å². The maximum absolute atomic E-state index is 11.8. The van der Waals surface area contributed by atoms with Crippen LogP contribution in [0.1, 0.15) is 22.3 Å². The Morgan fingerprint density at radius 1 is 1.45 bits per heavy atom. The van der Waals surface area contributed by atoms with E-state index in [1.54, 1.807) is 6.07 Å². The predicted octanol–water partition coefficient (Wildman–Crippen LogP) is 0.377. The molecule has 0 unspecified atom stereocenters. The summed E-state index contributed by atoms with van der Waals surface area (Å²) in [6.45, 7) is 2.61. The molecule has 0 aliphatic carbocycles. The van der Waals surface area contributed by atoms with Gasteiger partial charge in [0.05, 0.1) is 12.7 Å². The number of amides is 1. The van der Waals surface area contributed by atoms with Crippen molar-refractivity contribution in [1.29, 1.82) is 0 Å². The monoisotopic (exact) mass is 277 g/mol. The fraction of sp³-hybridized carbons (Fsp3) is 0.429. The summed E-state index contributed by atoms with van der Waals surface area (Å²) in [5.74, 6) is -0.365. The molecule has 1 aromatic rings. The van der Waals surface area contributed by atoms with Crippen molar-refractivity contribution in [3.8, 4) is 0 Å². The molecule has 6 nitrogen and oxygen atoms in total. The van der Waals surface area contributed by atoms with Crippen LogP contribution < -0.4 is 11.1 Å². The number of methoxy groups -OCH3 is 1. The van der Waals surface area contributed by atoms with E-state index in [4.69, 9.17) is 10.5 Å². The van der Waals surface area contributed by atoms with E-state index in [1.165, 1.54) is 7.11 Å². The van der Waals surface area contributed by atoms with Gasteiger partial charge in [0, 0.05) is 38.3 Å². The van der Waals surface area contributed by atoms with Gasteiger partial charge in [0.1, 0.15) is 0 Å². The van der Waals surface area contributed by atoms with E-state index >= 15 is 0 Å². The third-order valence-electron chi connectivity index (χ3n) is 3.37. The van der Waals surface area contributed by atoms with Gasteiger partial charge in [0.15, 0.2) is 0 Å². The number of nitrogens with one attached hydrogen (secondary N) is 1. The molecule has 3 N–H and O–H groups in total. The summed E-state index contributed by atoms with van der Waals surface area (Å²) >= 11 is 0. The topological polar surface area (TPSA) is 84.7 Å². The second-order valence-corrected chi connectivity index (χ2v) is 4.75. The van der Waals surface area contributed by atoms with Gasteiger partial charge in [0.2, 0.25) is 5.91 Å². The summed E-state index contributed by atoms with van der Waals surface area (Å²) < 4.78 is 4.78. The number of rotatable bonds is 3. The highest BCUT2D eigenvalue weighted by Gasteiger charge is 2.19. The normalized spacial score (nSPS) is 16.4. The summed E-state index contributed by atoms with van der Waals surface area (Å²) in [6, 6.07) is 5.37. The lowest BCUT2D eigenvalue weighted by molar-refractivity contribution is -0.120. The first-order chi connectivity index (χ1) is 9.61. The van der Waals surface area contributed by atoms with Crippen molar-refractivity contribution in [2.75, 3.05) is 32.5 Å². The Labute approximate surface area is 117 Å². The van der Waals surface area contributed by atoms with Crippen molar-refractivity contribution < 1.29 is 14.3 Å². The lowest BCUT2D eigenvalue weighted by Gasteiger charge is -2.20. The first-order valence-corrected chi connectivity index (χ1v) is 6.56. The molecule has 0 saturated carbocycles. The van der Waals surface area contributed by atoms with Crippen LogP contribution in [-0.4, -0.2) is 43.5 Å². The molecule has 1 aliphatic rings. The van der Waals surface area contributed by atoms with Crippen LogP contribution in [-0.2, 0) is 16.1 Å². The van der Waals surface area contributed by atoms with Crippen LogP contribution in [0.25, 0.3) is 0 Å². The Balaban J connectivity index is 2.18. The first-order valence-electron chi connectivity index (χ1n) is 6.56. The highest BCUT2D eigenvalue weighted by molar-refractivity contribution is 5.96. The maximum atomic E-state index is 11.8. The van der Waals surface area contributed by atoms with E-state index in [-0.39, 0.29) is 5.91 Å². The number of ether oxygens (including phenoxy) is 1. The zero-order valence-corrected chi connectivity index (χ0v) is 11.5. The van der Waals surface area contributed by atoms with Gasteiger partial charge >= 0.3 is 5.97 Å². The van der Waals surface area contributed by atoms with Crippen molar-refractivity contribution >= 4 is 17.6 Å². The molecular weight excluding hydrogens is 258 g/mol. The van der Waals surface area contributed by atoms with E-state index in [0.717, 1.165) is 12.1 Å². The summed E-state index contributed by atoms with van der Waals surface area (Å²) in [5, 5.41) is 2.82. The molecule has 1 amide bonds. The van der Waals surface area contributed by atoms with Gasteiger partial charge in [0.25, 0.3) is 0 Å². The molecule has 6 heteroatoms. The predicted molar refractivity (Wildman–Crippen MR) is 75.1 cm³/mol. The molecule has 2 rings (SSSR count). The van der Waals surface area contributed by atoms with Crippen LogP contribution in [0.3, 0.4) is 0 Å². The lowest BCUT2D eigenvalue weighted by atomic mass is 10.0. The smallest absolute Gasteiger partial charge is 0.340 e. The second kappa shape index (κ2) is 6.38. The summed E-state index contributed by atoms with van der Waals surface area (Å²) in [6.07, 6.45) is 0.468. The maximum Gasteiger partial charge on any atom is 0.340 e. The van der Waals surface area contributed by atoms with Crippen LogP contribution in [0.15, 0.2) is 18.2 Å². The van der Waals surface area contributed by atoms with Crippen molar-refractivity contribution in [3.05, 3.63) is 29.3 Å². The van der Waals surface area contributed by atoms with Gasteiger partial charge < -0.3 is 15.8 Å². The quantitative estimate of drug-likeness (QED) is 0.616. The fourth-order valence-corrected chi connectivity index (χ4v) is 2.32. The molecule has 1 aromatic carbocycles. The molecule has 0 aromatic heterocycles. The Kier molecular flexibility index (Phi) is 4.57. The van der Waals surface area contributed by atoms with Gasteiger partial charge in [-0.2, -0.15) is 0 Å². The highest BCUT2D eigenvalue weighted by Crippen LogP contribution is 2.20. The van der Waals surface area contributed by atoms with E-state index in [9.17, 15) is 9.59 Å². The number of hydrogen-bond donors (Lipinski definition) is 2. The first kappa shape index (κ1) is 14.3. The van der Waals surface area contributed by atoms with E-state index < -0.39 is 5.97 Å². The molecule has 20 heavy (non-hydrogen) atoms. The van der Waals surface area contributed by atoms with Crippen molar-refractivity contribution in [1.82, 2.24) is 10.2 Å². The number of carbonyl (C=O) groups excluding carboxylic acids is 2. The number of esters is 1. The number of nitrogens with two attached hydrogens (primary N) is 1. The van der Waals surface area contributed by atoms with Crippen molar-refractivity contribution in [3.63, 3.8) is 0 Å². The minimum absolute atomic E-state index is 0.0632. The van der Waals surface area contributed by atoms with Gasteiger partial charge in [-0.25, -0.2) is 4.79 Å². The van der Waals surface area contributed by atoms with Gasteiger partial charge in [-0.1, -0.05) is 12.1 Å². The highest BCUT2D eigenvalue weighted by atomic mass is 16.5. The minimum Gasteiger partial charge on any atom is -0.465 e. The molecule has 1 aliphatic heterocycles. The van der Waals surface area contributed by atoms with Crippen LogP contribution in [0.4, 0.5) is 5.69 Å². The number of anilines is 1. The Morgan fingerprint density at radius 2 is 2.25 bits per heavy atom. The number of nitrogens with zero attached hydrogens (tertiary/aromatic N) is 1. The molecular formula is C14H19N3O3. The summed E-state index contributed by atoms with van der Waals surface area (Å²) in [7, 11) is 1.34. The molecule has 108 valence electrons. The third kappa shape index (κ3) is 3.27. The Bertz CT molecular complexity index is 516. The number of nitrogen functional groups attached to an aromatic ring is 1. The average molecular weight is 277 g/mol. The molecule has 0 atom stereocenters. The van der Waals surface area contributed by atoms with Crippen molar-refractivity contribution in [2.45, 2.75) is 13.0 Å². The van der Waals surface area contributed by atoms with E-state index in [2.05, 4.69) is 10.2 Å². The van der Waals surface area contributed by atoms with Gasteiger partial charge in [-0.3, -0.25) is 9.69 Å². The molecule has 0 radical (unpaired) electrons. The lowest BCUT2D eigenvalue weighted by Crippen LogP contribution is -2.29. The van der Waals surface area contributed by atoms with Crippen LogP contribution in [0, 0.1) is 0 Å². The van der Waals surface area contributed by atoms with Gasteiger partial charge in [-0.05, 0) is 11.6 Å². The fourth-order valence-electron chi connectivity index (χ4n) is 2.32. The average Bonchev–Trinajstić information content (AvgIpc) is 2.63. The van der Waals surface area contributed by atoms with Crippen LogP contribution in [0.5, 0.6) is 0 Å². The summed E-state index contributed by atoms with van der Waals surface area (Å²) in [4.78, 5) is 25.3. The standard InChI is InChI=1S/C14H19N3O3/c1-20-14(19)13-10(3-2-4-11(13)15)9-17-7-5-12(18)16-6-8-17/h2-4H,5-9,15H2,1H3,(H,16,18). The zero-order valence-electron chi connectivity index (χ0n) is 11.5. The third-order valence-corrected chi connectivity index (χ3v) is 3.37. The van der Waals surface area contributed by atoms with E-state index in [0.29, 0.717) is 37.3 Å². The summed E-state index contributed by atoms with van der Waals surface area (Å²) in [5.41, 5.74) is 7.53. The van der Waals surface area contributed by atoms with Crippen LogP contribution >= 0.6 is 0 Å². The van der Waals surface area contributed by atoms with Crippen molar-refractivity contribution in [2.24, 2.45) is 0 Å². The second-order valence-electron chi connectivity index (χ2n) is 4.75. The Hall–Kier alpha value is -2.08. The molecule has 1 heterocycles. The molecule has 0 spiro atoms. The Morgan fingerprint density at radius 3 is 3.00 bits per heavy atom. The number of carbonyl (C=O) groups is 2. The number of benzene rings is 1. The minimum atomic E-state index is -0.429. The molecule has 1 saturated heterocycles. The number of hydrogen-bond acceptors (Lipinski definition) is 5. The van der Waals surface area contributed by atoms with E-state index in [1.807, 2.05) is 12.1 Å². The molecule has 0 bridgehead atoms.